The van der Waals surface area contributed by atoms with Gasteiger partial charge in [-0.3, -0.25) is 0 Å². The van der Waals surface area contributed by atoms with Gasteiger partial charge in [0.25, 0.3) is 0 Å². The van der Waals surface area contributed by atoms with Crippen LogP contribution in [-0.4, -0.2) is 36.0 Å². The van der Waals surface area contributed by atoms with Crippen LogP contribution in [0.4, 0.5) is 0 Å². The summed E-state index contributed by atoms with van der Waals surface area (Å²) in [5.74, 6) is 0.170. The van der Waals surface area contributed by atoms with Crippen molar-refractivity contribution in [2.24, 2.45) is 0 Å². The largest absolute Gasteiger partial charge is 0.485 e. The molecular formula is C29H33N2O7P. The molecule has 0 saturated heterocycles. The molecule has 0 aromatic heterocycles. The van der Waals surface area contributed by atoms with Gasteiger partial charge >= 0.3 is 19.0 Å². The Morgan fingerprint density at radius 2 is 1.36 bits per heavy atom. The highest BCUT2D eigenvalue weighted by molar-refractivity contribution is 7.74. The monoisotopic (exact) mass is 552 g/mol. The predicted octanol–water partition coefficient (Wildman–Crippen LogP) is 6.21. The molecule has 39 heavy (non-hydrogen) atoms. The Morgan fingerprint density at radius 1 is 0.795 bits per heavy atom. The molecule has 0 fully saturated rings. The third-order valence-electron chi connectivity index (χ3n) is 5.46. The number of nitrogens with zero attached hydrogens (tertiary/aromatic N) is 2. The van der Waals surface area contributed by atoms with Crippen LogP contribution >= 0.6 is 7.60 Å². The van der Waals surface area contributed by atoms with Crippen LogP contribution in [0.25, 0.3) is 5.53 Å². The van der Waals surface area contributed by atoms with Gasteiger partial charge < -0.3 is 28.8 Å². The van der Waals surface area contributed by atoms with E-state index in [1.807, 2.05) is 78.9 Å². The third kappa shape index (κ3) is 9.20. The van der Waals surface area contributed by atoms with E-state index in [4.69, 9.17) is 23.3 Å². The molecule has 3 aromatic rings. The smallest absolute Gasteiger partial charge is 0.484 e. The molecule has 0 spiro atoms. The van der Waals surface area contributed by atoms with Gasteiger partial charge in [0.05, 0.1) is 19.8 Å². The molecule has 3 aromatic carbocycles. The summed E-state index contributed by atoms with van der Waals surface area (Å²) >= 11 is 0. The fourth-order valence-electron chi connectivity index (χ4n) is 3.62. The zero-order valence-corrected chi connectivity index (χ0v) is 23.0. The molecule has 9 nitrogen and oxygen atoms in total. The van der Waals surface area contributed by atoms with Crippen LogP contribution in [-0.2, 0) is 42.8 Å². The van der Waals surface area contributed by atoms with E-state index >= 15 is 0 Å². The lowest BCUT2D eigenvalue weighted by Gasteiger charge is -2.15. The highest BCUT2D eigenvalue weighted by Crippen LogP contribution is 2.49. The molecule has 0 amide bonds. The number of aryl methyl sites for hydroxylation is 1. The number of ether oxygens (including phenoxy) is 3. The van der Waals surface area contributed by atoms with Crippen LogP contribution in [0.5, 0.6) is 11.5 Å². The molecule has 10 heteroatoms. The fourth-order valence-corrected chi connectivity index (χ4v) is 5.02. The zero-order chi connectivity index (χ0) is 27.9. The summed E-state index contributed by atoms with van der Waals surface area (Å²) in [6.45, 7) is 3.96. The molecular weight excluding hydrogens is 519 g/mol. The minimum Gasteiger partial charge on any atom is -0.485 e. The quantitative estimate of drug-likeness (QED) is 0.0517. The molecule has 0 unspecified atom stereocenters. The minimum absolute atomic E-state index is 0.00255. The molecule has 0 aliphatic carbocycles. The molecule has 0 aliphatic rings. The summed E-state index contributed by atoms with van der Waals surface area (Å²) in [5, 5.41) is 0. The van der Waals surface area contributed by atoms with Crippen LogP contribution in [0.3, 0.4) is 0 Å². The predicted molar refractivity (Wildman–Crippen MR) is 147 cm³/mol. The number of carbonyl (C=O) groups is 1. The number of hydrogen-bond donors (Lipinski definition) is 0. The molecule has 0 heterocycles. The topological polar surface area (TPSA) is 117 Å². The second kappa shape index (κ2) is 15.6. The van der Waals surface area contributed by atoms with Crippen LogP contribution in [0.2, 0.25) is 0 Å². The van der Waals surface area contributed by atoms with E-state index in [9.17, 15) is 14.9 Å². The average molecular weight is 553 g/mol. The summed E-state index contributed by atoms with van der Waals surface area (Å²) in [5.41, 5.74) is 11.5. The summed E-state index contributed by atoms with van der Waals surface area (Å²) < 4.78 is 40.2. The van der Waals surface area contributed by atoms with Crippen molar-refractivity contribution in [1.29, 1.82) is 0 Å². The Hall–Kier alpha value is -3.74. The molecule has 0 bridgehead atoms. The first kappa shape index (κ1) is 29.8. The van der Waals surface area contributed by atoms with Crippen molar-refractivity contribution in [3.63, 3.8) is 0 Å². The number of esters is 1. The Labute approximate surface area is 228 Å². The van der Waals surface area contributed by atoms with Gasteiger partial charge in [-0.1, -0.05) is 66.7 Å². The molecule has 0 saturated carbocycles. The summed E-state index contributed by atoms with van der Waals surface area (Å²) in [4.78, 5) is 15.2. The average Bonchev–Trinajstić information content (AvgIpc) is 2.95. The van der Waals surface area contributed by atoms with Crippen molar-refractivity contribution in [3.8, 4) is 11.5 Å². The van der Waals surface area contributed by atoms with E-state index in [2.05, 4.69) is 4.79 Å². The SMILES string of the molecule is CCOP(=O)(OCC)C(=[N+]=[N-])C(=O)OCCCc1ccc(OCc2ccccc2)c(OCc2ccccc2)c1. The van der Waals surface area contributed by atoms with Crippen molar-refractivity contribution in [3.05, 3.63) is 101 Å². The lowest BCUT2D eigenvalue weighted by Crippen LogP contribution is -2.22. The van der Waals surface area contributed by atoms with Crippen molar-refractivity contribution in [2.45, 2.75) is 39.9 Å². The van der Waals surface area contributed by atoms with Gasteiger partial charge in [-0.2, -0.15) is 0 Å². The van der Waals surface area contributed by atoms with Gasteiger partial charge in [-0.15, -0.1) is 4.79 Å². The fraction of sp³-hybridized carbons (Fsp3) is 0.310. The first-order chi connectivity index (χ1) is 19.0. The Kier molecular flexibility index (Phi) is 11.9. The van der Waals surface area contributed by atoms with E-state index in [-0.39, 0.29) is 19.8 Å². The summed E-state index contributed by atoms with van der Waals surface area (Å²) in [7, 11) is -4.07. The maximum Gasteiger partial charge on any atom is 0.484 e. The van der Waals surface area contributed by atoms with Gasteiger partial charge in [0.2, 0.25) is 0 Å². The van der Waals surface area contributed by atoms with E-state index in [0.29, 0.717) is 37.6 Å². The molecule has 0 N–H and O–H groups in total. The van der Waals surface area contributed by atoms with Gasteiger partial charge in [-0.25, -0.2) is 9.36 Å². The van der Waals surface area contributed by atoms with Gasteiger partial charge in [0, 0.05) is 0 Å². The van der Waals surface area contributed by atoms with Crippen molar-refractivity contribution in [1.82, 2.24) is 0 Å². The molecule has 0 atom stereocenters. The minimum atomic E-state index is -4.07. The number of hydrogen-bond acceptors (Lipinski definition) is 7. The van der Waals surface area contributed by atoms with E-state index in [1.54, 1.807) is 13.8 Å². The van der Waals surface area contributed by atoms with Crippen LogP contribution in [0, 0.1) is 0 Å². The molecule has 206 valence electrons. The summed E-state index contributed by atoms with van der Waals surface area (Å²) in [6.07, 6.45) is 1.02. The summed E-state index contributed by atoms with van der Waals surface area (Å²) in [6, 6.07) is 25.4. The maximum atomic E-state index is 12.8. The number of carbonyl (C=O) groups excluding carboxylic acids is 1. The number of benzene rings is 3. The van der Waals surface area contributed by atoms with Gasteiger partial charge in [0.15, 0.2) is 11.5 Å². The van der Waals surface area contributed by atoms with Crippen molar-refractivity contribution in [2.75, 3.05) is 19.8 Å². The first-order valence-electron chi connectivity index (χ1n) is 12.7. The standard InChI is InChI=1S/C29H33N2O7P/c1-3-37-39(33,38-4-2)28(31-30)29(32)34-19-11-16-23-17-18-26(35-21-24-12-7-5-8-13-24)27(20-23)36-22-25-14-9-6-10-15-25/h5-10,12-15,17-18,20H,3-4,11,16,19,21-22H2,1-2H3. The lowest BCUT2D eigenvalue weighted by molar-refractivity contribution is -0.139. The highest BCUT2D eigenvalue weighted by Gasteiger charge is 2.47. The van der Waals surface area contributed by atoms with E-state index in [0.717, 1.165) is 16.7 Å². The maximum absolute atomic E-state index is 12.8. The zero-order valence-electron chi connectivity index (χ0n) is 22.2. The second-order valence-corrected chi connectivity index (χ2v) is 10.3. The highest BCUT2D eigenvalue weighted by atomic mass is 31.2. The third-order valence-corrected chi connectivity index (χ3v) is 7.45. The first-order valence-corrected chi connectivity index (χ1v) is 14.3. The number of rotatable bonds is 16. The van der Waals surface area contributed by atoms with Crippen molar-refractivity contribution < 1.29 is 37.4 Å². The Balaban J connectivity index is 1.62. The van der Waals surface area contributed by atoms with Crippen molar-refractivity contribution >= 4 is 19.0 Å². The molecule has 0 aliphatic heterocycles. The molecule has 3 rings (SSSR count). The molecule has 0 radical (unpaired) electrons. The van der Waals surface area contributed by atoms with Crippen LogP contribution in [0.1, 0.15) is 37.0 Å². The lowest BCUT2D eigenvalue weighted by atomic mass is 10.1. The van der Waals surface area contributed by atoms with Gasteiger partial charge in [-0.05, 0) is 55.5 Å². The normalized spacial score (nSPS) is 10.9. The Morgan fingerprint density at radius 3 is 1.90 bits per heavy atom. The second-order valence-electron chi connectivity index (χ2n) is 8.33. The van der Waals surface area contributed by atoms with E-state index in [1.165, 1.54) is 0 Å². The van der Waals surface area contributed by atoms with Crippen LogP contribution in [0.15, 0.2) is 78.9 Å². The Bertz CT molecular complexity index is 1290. The van der Waals surface area contributed by atoms with Crippen LogP contribution < -0.4 is 9.47 Å². The van der Waals surface area contributed by atoms with E-state index < -0.39 is 19.0 Å². The van der Waals surface area contributed by atoms with Gasteiger partial charge in [0.1, 0.15) is 13.2 Å².